The standard InChI is InChI=1S/C16H27NO3S/c1-5-6-7-8-9-14(2)20-21(18,19)16-12-10-15(11-13-16)17(3)4/h10-14H,5-9H2,1-4H3. The van der Waals surface area contributed by atoms with Crippen molar-refractivity contribution in [2.45, 2.75) is 57.0 Å². The Balaban J connectivity index is 2.60. The van der Waals surface area contributed by atoms with Gasteiger partial charge in [0.15, 0.2) is 0 Å². The Morgan fingerprint density at radius 3 is 2.24 bits per heavy atom. The maximum atomic E-state index is 12.2. The Hall–Kier alpha value is -1.07. The molecule has 0 saturated carbocycles. The van der Waals surface area contributed by atoms with Gasteiger partial charge < -0.3 is 4.90 Å². The van der Waals surface area contributed by atoms with Gasteiger partial charge in [-0.3, -0.25) is 4.18 Å². The van der Waals surface area contributed by atoms with Crippen molar-refractivity contribution in [3.63, 3.8) is 0 Å². The molecule has 0 radical (unpaired) electrons. The summed E-state index contributed by atoms with van der Waals surface area (Å²) in [4.78, 5) is 2.14. The van der Waals surface area contributed by atoms with E-state index in [1.165, 1.54) is 12.8 Å². The van der Waals surface area contributed by atoms with E-state index >= 15 is 0 Å². The minimum absolute atomic E-state index is 0.216. The molecule has 0 fully saturated rings. The van der Waals surface area contributed by atoms with E-state index in [1.54, 1.807) is 24.3 Å². The first-order valence-corrected chi connectivity index (χ1v) is 8.98. The van der Waals surface area contributed by atoms with Crippen LogP contribution in [0.4, 0.5) is 5.69 Å². The molecule has 1 unspecified atom stereocenters. The molecule has 120 valence electrons. The molecule has 0 aliphatic heterocycles. The number of anilines is 1. The average molecular weight is 313 g/mol. The van der Waals surface area contributed by atoms with E-state index in [0.717, 1.165) is 24.9 Å². The highest BCUT2D eigenvalue weighted by Gasteiger charge is 2.18. The molecule has 1 aromatic carbocycles. The van der Waals surface area contributed by atoms with Gasteiger partial charge in [-0.05, 0) is 37.6 Å². The van der Waals surface area contributed by atoms with Crippen molar-refractivity contribution in [1.82, 2.24) is 0 Å². The van der Waals surface area contributed by atoms with E-state index in [2.05, 4.69) is 6.92 Å². The third-order valence-electron chi connectivity index (χ3n) is 3.40. The Morgan fingerprint density at radius 2 is 1.71 bits per heavy atom. The molecule has 0 N–H and O–H groups in total. The van der Waals surface area contributed by atoms with Gasteiger partial charge in [-0.2, -0.15) is 8.42 Å². The second kappa shape index (κ2) is 8.39. The van der Waals surface area contributed by atoms with Crippen LogP contribution in [0.15, 0.2) is 29.2 Å². The predicted octanol–water partition coefficient (Wildman–Crippen LogP) is 3.82. The molecule has 0 bridgehead atoms. The maximum Gasteiger partial charge on any atom is 0.297 e. The molecular formula is C16H27NO3S. The number of hydrogen-bond donors (Lipinski definition) is 0. The van der Waals surface area contributed by atoms with Crippen molar-refractivity contribution >= 4 is 15.8 Å². The van der Waals surface area contributed by atoms with Crippen LogP contribution in [0.25, 0.3) is 0 Å². The highest BCUT2D eigenvalue weighted by molar-refractivity contribution is 7.86. The van der Waals surface area contributed by atoms with E-state index < -0.39 is 10.1 Å². The summed E-state index contributed by atoms with van der Waals surface area (Å²) in [7, 11) is 0.167. The summed E-state index contributed by atoms with van der Waals surface area (Å²) in [6.45, 7) is 3.97. The minimum Gasteiger partial charge on any atom is -0.378 e. The second-order valence-electron chi connectivity index (χ2n) is 5.60. The summed E-state index contributed by atoms with van der Waals surface area (Å²) >= 11 is 0. The molecule has 5 heteroatoms. The highest BCUT2D eigenvalue weighted by atomic mass is 32.2. The van der Waals surface area contributed by atoms with Crippen LogP contribution in [0.1, 0.15) is 46.0 Å². The summed E-state index contributed by atoms with van der Waals surface area (Å²) in [6.07, 6.45) is 4.98. The molecule has 21 heavy (non-hydrogen) atoms. The van der Waals surface area contributed by atoms with Crippen molar-refractivity contribution in [1.29, 1.82) is 0 Å². The van der Waals surface area contributed by atoms with E-state index in [9.17, 15) is 8.42 Å². The fourth-order valence-electron chi connectivity index (χ4n) is 2.09. The smallest absolute Gasteiger partial charge is 0.297 e. The van der Waals surface area contributed by atoms with Gasteiger partial charge in [0.25, 0.3) is 10.1 Å². The quantitative estimate of drug-likeness (QED) is 0.513. The SMILES string of the molecule is CCCCCCC(C)OS(=O)(=O)c1ccc(N(C)C)cc1. The van der Waals surface area contributed by atoms with Gasteiger partial charge in [-0.25, -0.2) is 0 Å². The van der Waals surface area contributed by atoms with E-state index in [-0.39, 0.29) is 11.0 Å². The van der Waals surface area contributed by atoms with E-state index in [1.807, 2.05) is 25.9 Å². The van der Waals surface area contributed by atoms with Crippen LogP contribution in [0, 0.1) is 0 Å². The van der Waals surface area contributed by atoms with E-state index in [0.29, 0.717) is 0 Å². The Bertz CT molecular complexity index is 509. The first-order valence-electron chi connectivity index (χ1n) is 7.57. The first kappa shape index (κ1) is 18.0. The lowest BCUT2D eigenvalue weighted by molar-refractivity contribution is 0.213. The topological polar surface area (TPSA) is 46.6 Å². The Morgan fingerprint density at radius 1 is 1.10 bits per heavy atom. The molecule has 1 atom stereocenters. The highest BCUT2D eigenvalue weighted by Crippen LogP contribution is 2.20. The zero-order valence-electron chi connectivity index (χ0n) is 13.5. The third kappa shape index (κ3) is 6.06. The summed E-state index contributed by atoms with van der Waals surface area (Å²) in [5, 5.41) is 0. The average Bonchev–Trinajstić information content (AvgIpc) is 2.43. The molecule has 0 spiro atoms. The Labute approximate surface area is 129 Å². The number of benzene rings is 1. The molecule has 0 heterocycles. The lowest BCUT2D eigenvalue weighted by atomic mass is 10.1. The molecule has 0 aliphatic carbocycles. The molecule has 4 nitrogen and oxygen atoms in total. The minimum atomic E-state index is -3.66. The van der Waals surface area contributed by atoms with Gasteiger partial charge in [0, 0.05) is 19.8 Å². The molecule has 0 amide bonds. The van der Waals surface area contributed by atoms with Gasteiger partial charge in [0.1, 0.15) is 0 Å². The maximum absolute atomic E-state index is 12.2. The molecular weight excluding hydrogens is 286 g/mol. The van der Waals surface area contributed by atoms with Crippen molar-refractivity contribution < 1.29 is 12.6 Å². The van der Waals surface area contributed by atoms with Crippen molar-refractivity contribution in [3.05, 3.63) is 24.3 Å². The van der Waals surface area contributed by atoms with Crippen LogP contribution in [-0.2, 0) is 14.3 Å². The van der Waals surface area contributed by atoms with E-state index in [4.69, 9.17) is 4.18 Å². The monoisotopic (exact) mass is 313 g/mol. The van der Waals surface area contributed by atoms with Gasteiger partial charge in [-0.1, -0.05) is 32.6 Å². The van der Waals surface area contributed by atoms with Gasteiger partial charge in [0.2, 0.25) is 0 Å². The van der Waals surface area contributed by atoms with Crippen LogP contribution in [-0.4, -0.2) is 28.6 Å². The number of unbranched alkanes of at least 4 members (excludes halogenated alkanes) is 3. The van der Waals surface area contributed by atoms with Crippen LogP contribution < -0.4 is 4.90 Å². The summed E-state index contributed by atoms with van der Waals surface area (Å²) < 4.78 is 29.6. The van der Waals surface area contributed by atoms with Crippen LogP contribution >= 0.6 is 0 Å². The molecule has 1 aromatic rings. The first-order chi connectivity index (χ1) is 9.86. The third-order valence-corrected chi connectivity index (χ3v) is 4.83. The van der Waals surface area contributed by atoms with Gasteiger partial charge in [0.05, 0.1) is 11.0 Å². The largest absolute Gasteiger partial charge is 0.378 e. The molecule has 0 aliphatic rings. The zero-order chi connectivity index (χ0) is 15.9. The normalized spacial score (nSPS) is 13.1. The lowest BCUT2D eigenvalue weighted by Gasteiger charge is -2.15. The van der Waals surface area contributed by atoms with Crippen LogP contribution in [0.3, 0.4) is 0 Å². The van der Waals surface area contributed by atoms with Gasteiger partial charge >= 0.3 is 0 Å². The zero-order valence-corrected chi connectivity index (χ0v) is 14.3. The number of nitrogens with zero attached hydrogens (tertiary/aromatic N) is 1. The Kier molecular flexibility index (Phi) is 7.18. The predicted molar refractivity (Wildman–Crippen MR) is 87.3 cm³/mol. The van der Waals surface area contributed by atoms with Gasteiger partial charge in [-0.15, -0.1) is 0 Å². The molecule has 1 rings (SSSR count). The summed E-state index contributed by atoms with van der Waals surface area (Å²) in [5.41, 5.74) is 0.960. The lowest BCUT2D eigenvalue weighted by Crippen LogP contribution is -2.16. The fourth-order valence-corrected chi connectivity index (χ4v) is 3.20. The van der Waals surface area contributed by atoms with Crippen LogP contribution in [0.2, 0.25) is 0 Å². The van der Waals surface area contributed by atoms with Crippen molar-refractivity contribution in [3.8, 4) is 0 Å². The molecule has 0 saturated heterocycles. The van der Waals surface area contributed by atoms with Crippen molar-refractivity contribution in [2.24, 2.45) is 0 Å². The fraction of sp³-hybridized carbons (Fsp3) is 0.625. The number of hydrogen-bond acceptors (Lipinski definition) is 4. The summed E-state index contributed by atoms with van der Waals surface area (Å²) in [5.74, 6) is 0. The summed E-state index contributed by atoms with van der Waals surface area (Å²) in [6, 6.07) is 6.74. The number of rotatable bonds is 9. The second-order valence-corrected chi connectivity index (χ2v) is 7.17. The molecule has 0 aromatic heterocycles. The van der Waals surface area contributed by atoms with Crippen LogP contribution in [0.5, 0.6) is 0 Å². The van der Waals surface area contributed by atoms with Crippen molar-refractivity contribution in [2.75, 3.05) is 19.0 Å².